The number of hydrogen-bond acceptors (Lipinski definition) is 6. The molecule has 0 radical (unpaired) electrons. The van der Waals surface area contributed by atoms with Gasteiger partial charge in [0.15, 0.2) is 17.5 Å². The number of anilines is 1. The molecule has 0 fully saturated rings. The lowest BCUT2D eigenvalue weighted by Crippen LogP contribution is -2.24. The number of halogens is 2. The summed E-state index contributed by atoms with van der Waals surface area (Å²) in [4.78, 5) is 27.0. The van der Waals surface area contributed by atoms with E-state index in [1.807, 2.05) is 6.07 Å². The van der Waals surface area contributed by atoms with Crippen molar-refractivity contribution in [1.29, 1.82) is 0 Å². The summed E-state index contributed by atoms with van der Waals surface area (Å²) in [5.41, 5.74) is 1.68. The topological polar surface area (TPSA) is 80.2 Å². The maximum absolute atomic E-state index is 14.6. The molecule has 2 aromatic heterocycles. The van der Waals surface area contributed by atoms with E-state index >= 15 is 0 Å². The fourth-order valence-corrected chi connectivity index (χ4v) is 3.51. The van der Waals surface area contributed by atoms with Crippen molar-refractivity contribution in [3.63, 3.8) is 0 Å². The zero-order chi connectivity index (χ0) is 24.2. The van der Waals surface area contributed by atoms with Crippen LogP contribution in [0, 0.1) is 11.6 Å². The first kappa shape index (κ1) is 23.0. The van der Waals surface area contributed by atoms with Gasteiger partial charge in [0.25, 0.3) is 0 Å². The van der Waals surface area contributed by atoms with E-state index in [1.165, 1.54) is 24.1 Å². The summed E-state index contributed by atoms with van der Waals surface area (Å²) in [6, 6.07) is 10.9. The minimum atomic E-state index is -0.956. The molecule has 4 rings (SSSR count). The van der Waals surface area contributed by atoms with Crippen LogP contribution in [0.2, 0.25) is 0 Å². The molecule has 1 amide bonds. The van der Waals surface area contributed by atoms with Gasteiger partial charge in [0.1, 0.15) is 17.1 Å². The van der Waals surface area contributed by atoms with Crippen molar-refractivity contribution in [2.75, 3.05) is 33.1 Å². The summed E-state index contributed by atoms with van der Waals surface area (Å²) in [7, 11) is 4.86. The highest BCUT2D eigenvalue weighted by Gasteiger charge is 2.18. The summed E-state index contributed by atoms with van der Waals surface area (Å²) in [5, 5.41) is 3.74. The van der Waals surface area contributed by atoms with Crippen molar-refractivity contribution in [2.45, 2.75) is 6.42 Å². The van der Waals surface area contributed by atoms with Gasteiger partial charge in [-0.2, -0.15) is 0 Å². The van der Waals surface area contributed by atoms with Crippen molar-refractivity contribution in [3.05, 3.63) is 66.5 Å². The number of carbonyl (C=O) groups excluding carboxylic acids is 1. The molecule has 0 bridgehead atoms. The fourth-order valence-electron chi connectivity index (χ4n) is 3.51. The molecule has 0 spiro atoms. The summed E-state index contributed by atoms with van der Waals surface area (Å²) in [6.07, 6.45) is 3.54. The van der Waals surface area contributed by atoms with Crippen molar-refractivity contribution in [1.82, 2.24) is 19.9 Å². The van der Waals surface area contributed by atoms with E-state index in [-0.39, 0.29) is 17.9 Å². The molecule has 0 saturated carbocycles. The second-order valence-corrected chi connectivity index (χ2v) is 7.78. The minimum absolute atomic E-state index is 0.0431. The lowest BCUT2D eigenvalue weighted by molar-refractivity contribution is -0.128. The van der Waals surface area contributed by atoms with Crippen LogP contribution >= 0.6 is 0 Å². The van der Waals surface area contributed by atoms with Crippen LogP contribution in [-0.4, -0.2) is 53.5 Å². The lowest BCUT2D eigenvalue weighted by atomic mass is 10.0. The zero-order valence-corrected chi connectivity index (χ0v) is 19.0. The summed E-state index contributed by atoms with van der Waals surface area (Å²) >= 11 is 0. The summed E-state index contributed by atoms with van der Waals surface area (Å²) < 4.78 is 34.0. The number of nitrogens with zero attached hydrogens (tertiary/aromatic N) is 4. The monoisotopic (exact) mass is 463 g/mol. The molecule has 0 aliphatic carbocycles. The van der Waals surface area contributed by atoms with Crippen LogP contribution in [0.3, 0.4) is 0 Å². The lowest BCUT2D eigenvalue weighted by Gasteiger charge is -2.16. The smallest absolute Gasteiger partial charge is 0.223 e. The van der Waals surface area contributed by atoms with E-state index in [2.05, 4.69) is 20.3 Å². The van der Waals surface area contributed by atoms with E-state index in [0.29, 0.717) is 46.0 Å². The SMILES string of the molecule is COc1cc(-c2cccc(F)c2F)cc2c(NCCC(=O)N(C)C)nc(-c3cccnc3)nc12. The Morgan fingerprint density at radius 3 is 2.62 bits per heavy atom. The van der Waals surface area contributed by atoms with Gasteiger partial charge in [0.2, 0.25) is 5.91 Å². The Labute approximate surface area is 195 Å². The molecule has 174 valence electrons. The molecule has 1 N–H and O–H groups in total. The van der Waals surface area contributed by atoms with Crippen LogP contribution in [0.1, 0.15) is 6.42 Å². The van der Waals surface area contributed by atoms with Crippen LogP contribution in [0.15, 0.2) is 54.9 Å². The van der Waals surface area contributed by atoms with Crippen LogP contribution in [-0.2, 0) is 4.79 Å². The normalized spacial score (nSPS) is 10.9. The Bertz CT molecular complexity index is 1350. The number of nitrogens with one attached hydrogen (secondary N) is 1. The molecule has 9 heteroatoms. The van der Waals surface area contributed by atoms with Crippen molar-refractivity contribution in [2.24, 2.45) is 0 Å². The van der Waals surface area contributed by atoms with Gasteiger partial charge in [-0.3, -0.25) is 9.78 Å². The first-order chi connectivity index (χ1) is 16.4. The van der Waals surface area contributed by atoms with Crippen LogP contribution in [0.4, 0.5) is 14.6 Å². The second kappa shape index (κ2) is 9.78. The molecular formula is C25H23F2N5O2. The van der Waals surface area contributed by atoms with E-state index in [1.54, 1.807) is 44.7 Å². The number of carbonyl (C=O) groups is 1. The Morgan fingerprint density at radius 2 is 1.91 bits per heavy atom. The number of hydrogen-bond donors (Lipinski definition) is 1. The van der Waals surface area contributed by atoms with E-state index in [9.17, 15) is 13.6 Å². The molecular weight excluding hydrogens is 440 g/mol. The molecule has 7 nitrogen and oxygen atoms in total. The second-order valence-electron chi connectivity index (χ2n) is 7.78. The zero-order valence-electron chi connectivity index (χ0n) is 19.0. The minimum Gasteiger partial charge on any atom is -0.494 e. The standard InChI is InChI=1S/C25H23F2N5O2/c1-32(2)21(33)9-11-29-25-18-12-16(17-7-4-8-19(26)22(17)27)13-20(34-3)23(18)30-24(31-25)15-6-5-10-28-14-15/h4-8,10,12-14H,9,11H2,1-3H3,(H,29,30,31). The number of pyridine rings is 1. The van der Waals surface area contributed by atoms with Gasteiger partial charge >= 0.3 is 0 Å². The highest BCUT2D eigenvalue weighted by molar-refractivity contribution is 5.98. The predicted octanol–water partition coefficient (Wildman–Crippen LogP) is 4.54. The Kier molecular flexibility index (Phi) is 6.62. The molecule has 0 aliphatic rings. The summed E-state index contributed by atoms with van der Waals surface area (Å²) in [5.74, 6) is -0.727. The fraction of sp³-hybridized carbons (Fsp3) is 0.200. The Hall–Kier alpha value is -4.14. The van der Waals surface area contributed by atoms with Crippen LogP contribution < -0.4 is 10.1 Å². The summed E-state index contributed by atoms with van der Waals surface area (Å²) in [6.45, 7) is 0.316. The Morgan fingerprint density at radius 1 is 1.09 bits per heavy atom. The highest BCUT2D eigenvalue weighted by atomic mass is 19.2. The number of rotatable bonds is 7. The number of aromatic nitrogens is 3. The van der Waals surface area contributed by atoms with Crippen molar-refractivity contribution < 1.29 is 18.3 Å². The third kappa shape index (κ3) is 4.63. The first-order valence-corrected chi connectivity index (χ1v) is 10.6. The van der Waals surface area contributed by atoms with Gasteiger partial charge in [0.05, 0.1) is 7.11 Å². The molecule has 0 saturated heterocycles. The maximum Gasteiger partial charge on any atom is 0.223 e. The number of benzene rings is 2. The van der Waals surface area contributed by atoms with Crippen LogP contribution in [0.25, 0.3) is 33.4 Å². The molecule has 34 heavy (non-hydrogen) atoms. The maximum atomic E-state index is 14.6. The van der Waals surface area contributed by atoms with E-state index in [0.717, 1.165) is 6.07 Å². The number of methoxy groups -OCH3 is 1. The van der Waals surface area contributed by atoms with Crippen LogP contribution in [0.5, 0.6) is 5.75 Å². The molecule has 2 aromatic carbocycles. The van der Waals surface area contributed by atoms with Gasteiger partial charge < -0.3 is 15.0 Å². The average molecular weight is 463 g/mol. The number of ether oxygens (including phenoxy) is 1. The Balaban J connectivity index is 1.88. The largest absolute Gasteiger partial charge is 0.494 e. The molecule has 4 aromatic rings. The number of amides is 1. The van der Waals surface area contributed by atoms with Gasteiger partial charge in [-0.1, -0.05) is 12.1 Å². The van der Waals surface area contributed by atoms with E-state index in [4.69, 9.17) is 4.74 Å². The van der Waals surface area contributed by atoms with Gasteiger partial charge in [-0.05, 0) is 35.9 Å². The average Bonchev–Trinajstić information content (AvgIpc) is 2.85. The van der Waals surface area contributed by atoms with Crippen molar-refractivity contribution >= 4 is 22.6 Å². The third-order valence-electron chi connectivity index (χ3n) is 5.30. The first-order valence-electron chi connectivity index (χ1n) is 10.6. The van der Waals surface area contributed by atoms with E-state index < -0.39 is 11.6 Å². The molecule has 0 unspecified atom stereocenters. The molecule has 2 heterocycles. The third-order valence-corrected chi connectivity index (χ3v) is 5.30. The van der Waals surface area contributed by atoms with Gasteiger partial charge in [0, 0.05) is 56.0 Å². The molecule has 0 aliphatic heterocycles. The molecule has 0 atom stereocenters. The van der Waals surface area contributed by atoms with Gasteiger partial charge in [-0.15, -0.1) is 0 Å². The predicted molar refractivity (Wildman–Crippen MR) is 126 cm³/mol. The van der Waals surface area contributed by atoms with Crippen molar-refractivity contribution in [3.8, 4) is 28.3 Å². The number of fused-ring (bicyclic) bond motifs is 1. The quantitative estimate of drug-likeness (QED) is 0.434. The highest BCUT2D eigenvalue weighted by Crippen LogP contribution is 2.37. The van der Waals surface area contributed by atoms with Gasteiger partial charge in [-0.25, -0.2) is 18.7 Å².